The fourth-order valence-electron chi connectivity index (χ4n) is 2.83. The number of hydrogen-bond acceptors (Lipinski definition) is 5. The highest BCUT2D eigenvalue weighted by atomic mass is 16.5. The summed E-state index contributed by atoms with van der Waals surface area (Å²) in [6, 6.07) is 13.7. The van der Waals surface area contributed by atoms with Crippen LogP contribution in [-0.2, 0) is 9.53 Å². The molecule has 0 spiro atoms. The molecule has 1 heterocycles. The quantitative estimate of drug-likeness (QED) is 0.470. The van der Waals surface area contributed by atoms with Gasteiger partial charge in [0.1, 0.15) is 6.04 Å². The number of nitrogens with zero attached hydrogens (tertiary/aromatic N) is 1. The number of esters is 1. The van der Waals surface area contributed by atoms with Gasteiger partial charge in [-0.25, -0.2) is 4.79 Å². The molecule has 0 bridgehead atoms. The summed E-state index contributed by atoms with van der Waals surface area (Å²) >= 11 is 0. The van der Waals surface area contributed by atoms with E-state index in [1.54, 1.807) is 42.5 Å². The number of hydrogen-bond donors (Lipinski definition) is 0. The molecule has 6 heteroatoms. The van der Waals surface area contributed by atoms with Crippen molar-refractivity contribution in [2.75, 3.05) is 0 Å². The fourth-order valence-corrected chi connectivity index (χ4v) is 2.83. The van der Waals surface area contributed by atoms with Gasteiger partial charge in [0, 0.05) is 5.56 Å². The molecule has 132 valence electrons. The number of amides is 2. The van der Waals surface area contributed by atoms with Gasteiger partial charge in [-0.1, -0.05) is 42.5 Å². The third kappa shape index (κ3) is 3.01. The molecule has 1 aliphatic rings. The maximum Gasteiger partial charge on any atom is 0.329 e. The molecule has 0 aliphatic carbocycles. The van der Waals surface area contributed by atoms with E-state index in [1.807, 2.05) is 0 Å². The predicted octanol–water partition coefficient (Wildman–Crippen LogP) is 2.49. The maximum absolute atomic E-state index is 12.4. The SMILES string of the molecule is C[C@H](OC(=O)[C@@H](C)N1C(=O)c2ccccc2C1=O)C(=O)c1ccccc1. The lowest BCUT2D eigenvalue weighted by molar-refractivity contribution is -0.150. The van der Waals surface area contributed by atoms with Gasteiger partial charge in [-0.2, -0.15) is 0 Å². The van der Waals surface area contributed by atoms with E-state index in [4.69, 9.17) is 4.74 Å². The summed E-state index contributed by atoms with van der Waals surface area (Å²) < 4.78 is 5.20. The van der Waals surface area contributed by atoms with Gasteiger partial charge in [0.25, 0.3) is 11.8 Å². The first kappa shape index (κ1) is 17.5. The van der Waals surface area contributed by atoms with Crippen LogP contribution in [-0.4, -0.2) is 40.6 Å². The number of imide groups is 1. The first-order chi connectivity index (χ1) is 12.4. The summed E-state index contributed by atoms with van der Waals surface area (Å²) in [5.74, 6) is -2.25. The summed E-state index contributed by atoms with van der Waals surface area (Å²) in [4.78, 5) is 50.4. The zero-order valence-corrected chi connectivity index (χ0v) is 14.3. The first-order valence-electron chi connectivity index (χ1n) is 8.18. The minimum absolute atomic E-state index is 0.255. The molecule has 0 N–H and O–H groups in total. The molecular weight excluding hydrogens is 334 g/mol. The normalized spacial score (nSPS) is 15.4. The zero-order chi connectivity index (χ0) is 18.8. The summed E-state index contributed by atoms with van der Waals surface area (Å²) in [6.07, 6.45) is -1.03. The van der Waals surface area contributed by atoms with Crippen molar-refractivity contribution in [1.82, 2.24) is 4.90 Å². The van der Waals surface area contributed by atoms with Crippen molar-refractivity contribution >= 4 is 23.6 Å². The van der Waals surface area contributed by atoms with Crippen LogP contribution in [0.15, 0.2) is 54.6 Å². The standard InChI is InChI=1S/C20H17NO5/c1-12(21-18(23)15-10-6-7-11-16(15)19(21)24)20(25)26-13(2)17(22)14-8-4-3-5-9-14/h3-13H,1-2H3/t12-,13+/m1/s1. The van der Waals surface area contributed by atoms with E-state index in [2.05, 4.69) is 0 Å². The Morgan fingerprint density at radius 1 is 0.846 bits per heavy atom. The largest absolute Gasteiger partial charge is 0.453 e. The average Bonchev–Trinajstić information content (AvgIpc) is 2.92. The topological polar surface area (TPSA) is 80.8 Å². The zero-order valence-electron chi connectivity index (χ0n) is 14.3. The molecule has 0 saturated heterocycles. The lowest BCUT2D eigenvalue weighted by atomic mass is 10.1. The Morgan fingerprint density at radius 3 is 1.88 bits per heavy atom. The molecule has 2 aromatic rings. The van der Waals surface area contributed by atoms with Crippen molar-refractivity contribution in [1.29, 1.82) is 0 Å². The van der Waals surface area contributed by atoms with Gasteiger partial charge in [0.2, 0.25) is 5.78 Å². The highest BCUT2D eigenvalue weighted by Gasteiger charge is 2.41. The lowest BCUT2D eigenvalue weighted by Crippen LogP contribution is -2.45. The summed E-state index contributed by atoms with van der Waals surface area (Å²) in [6.45, 7) is 2.87. The van der Waals surface area contributed by atoms with Gasteiger partial charge in [-0.05, 0) is 26.0 Å². The Balaban J connectivity index is 1.72. The highest BCUT2D eigenvalue weighted by Crippen LogP contribution is 2.25. The Kier molecular flexibility index (Phi) is 4.67. The van der Waals surface area contributed by atoms with Crippen molar-refractivity contribution in [2.24, 2.45) is 0 Å². The highest BCUT2D eigenvalue weighted by molar-refractivity contribution is 6.22. The van der Waals surface area contributed by atoms with Crippen molar-refractivity contribution < 1.29 is 23.9 Å². The second kappa shape index (κ2) is 6.92. The van der Waals surface area contributed by atoms with Crippen LogP contribution in [0, 0.1) is 0 Å². The van der Waals surface area contributed by atoms with Crippen molar-refractivity contribution in [3.63, 3.8) is 0 Å². The van der Waals surface area contributed by atoms with Gasteiger partial charge < -0.3 is 4.74 Å². The van der Waals surface area contributed by atoms with Crippen molar-refractivity contribution in [2.45, 2.75) is 26.0 Å². The molecule has 0 saturated carbocycles. The number of carbonyl (C=O) groups is 4. The van der Waals surface area contributed by atoms with E-state index in [-0.39, 0.29) is 16.9 Å². The molecule has 3 rings (SSSR count). The first-order valence-corrected chi connectivity index (χ1v) is 8.18. The lowest BCUT2D eigenvalue weighted by Gasteiger charge is -2.22. The van der Waals surface area contributed by atoms with Crippen LogP contribution >= 0.6 is 0 Å². The Morgan fingerprint density at radius 2 is 1.35 bits per heavy atom. The molecule has 0 unspecified atom stereocenters. The van der Waals surface area contributed by atoms with E-state index < -0.39 is 29.9 Å². The predicted molar refractivity (Wildman–Crippen MR) is 92.7 cm³/mol. The minimum Gasteiger partial charge on any atom is -0.453 e. The van der Waals surface area contributed by atoms with Crippen LogP contribution < -0.4 is 0 Å². The second-order valence-corrected chi connectivity index (χ2v) is 6.01. The molecule has 0 fully saturated rings. The number of benzene rings is 2. The van der Waals surface area contributed by atoms with Crippen LogP contribution in [0.5, 0.6) is 0 Å². The third-order valence-corrected chi connectivity index (χ3v) is 4.27. The number of rotatable bonds is 5. The molecule has 26 heavy (non-hydrogen) atoms. The molecule has 2 aromatic carbocycles. The Labute approximate surface area is 150 Å². The Hall–Kier alpha value is -3.28. The molecule has 6 nitrogen and oxygen atoms in total. The van der Waals surface area contributed by atoms with E-state index in [9.17, 15) is 19.2 Å². The van der Waals surface area contributed by atoms with Crippen molar-refractivity contribution in [3.05, 3.63) is 71.3 Å². The van der Waals surface area contributed by atoms with Gasteiger partial charge in [-0.15, -0.1) is 0 Å². The second-order valence-electron chi connectivity index (χ2n) is 6.01. The van der Waals surface area contributed by atoms with E-state index in [0.29, 0.717) is 5.56 Å². The van der Waals surface area contributed by atoms with E-state index in [0.717, 1.165) is 4.90 Å². The minimum atomic E-state index is -1.13. The summed E-state index contributed by atoms with van der Waals surface area (Å²) in [5.41, 5.74) is 0.928. The van der Waals surface area contributed by atoms with Crippen LogP contribution in [0.3, 0.4) is 0 Å². The van der Waals surface area contributed by atoms with E-state index in [1.165, 1.54) is 26.0 Å². The van der Waals surface area contributed by atoms with Gasteiger partial charge in [-0.3, -0.25) is 19.3 Å². The molecule has 1 aliphatic heterocycles. The number of fused-ring (bicyclic) bond motifs is 1. The molecule has 2 atom stereocenters. The van der Waals surface area contributed by atoms with Crippen LogP contribution in [0.25, 0.3) is 0 Å². The van der Waals surface area contributed by atoms with Gasteiger partial charge in [0.15, 0.2) is 6.10 Å². The fraction of sp³-hybridized carbons (Fsp3) is 0.200. The molecule has 0 aromatic heterocycles. The third-order valence-electron chi connectivity index (χ3n) is 4.27. The van der Waals surface area contributed by atoms with Crippen LogP contribution in [0.2, 0.25) is 0 Å². The van der Waals surface area contributed by atoms with Crippen molar-refractivity contribution in [3.8, 4) is 0 Å². The smallest absolute Gasteiger partial charge is 0.329 e. The average molecular weight is 351 g/mol. The number of ether oxygens (including phenoxy) is 1. The van der Waals surface area contributed by atoms with Gasteiger partial charge in [0.05, 0.1) is 11.1 Å². The summed E-state index contributed by atoms with van der Waals surface area (Å²) in [7, 11) is 0. The Bertz CT molecular complexity index is 855. The number of Topliss-reactive ketones (excluding diaryl/α,β-unsaturated/α-hetero) is 1. The molecule has 2 amide bonds. The molecular formula is C20H17NO5. The maximum atomic E-state index is 12.4. The monoisotopic (exact) mass is 351 g/mol. The number of ketones is 1. The van der Waals surface area contributed by atoms with Crippen LogP contribution in [0.4, 0.5) is 0 Å². The van der Waals surface area contributed by atoms with Crippen LogP contribution in [0.1, 0.15) is 44.9 Å². The molecule has 0 radical (unpaired) electrons. The number of carbonyl (C=O) groups excluding carboxylic acids is 4. The van der Waals surface area contributed by atoms with E-state index >= 15 is 0 Å². The van der Waals surface area contributed by atoms with Gasteiger partial charge >= 0.3 is 5.97 Å². The summed E-state index contributed by atoms with van der Waals surface area (Å²) in [5, 5.41) is 0.